The van der Waals surface area contributed by atoms with Gasteiger partial charge in [-0.3, -0.25) is 9.59 Å². The van der Waals surface area contributed by atoms with Crippen molar-refractivity contribution in [1.82, 2.24) is 4.57 Å². The number of nitrogens with two attached hydrogens (primary N) is 1. The van der Waals surface area contributed by atoms with Crippen LogP contribution in [0.15, 0.2) is 45.8 Å². The lowest BCUT2D eigenvalue weighted by atomic mass is 10.2. The highest BCUT2D eigenvalue weighted by Crippen LogP contribution is 2.22. The van der Waals surface area contributed by atoms with Gasteiger partial charge in [-0.05, 0) is 46.3 Å². The highest BCUT2D eigenvalue weighted by atomic mass is 79.9. The third kappa shape index (κ3) is 3.40. The number of nitrogens with one attached hydrogen (secondary N) is 1. The molecule has 2 aromatic rings. The summed E-state index contributed by atoms with van der Waals surface area (Å²) >= 11 is 8.96. The van der Waals surface area contributed by atoms with Crippen LogP contribution in [-0.2, 0) is 11.3 Å². The summed E-state index contributed by atoms with van der Waals surface area (Å²) in [6, 6.07) is 8.07. The van der Waals surface area contributed by atoms with Crippen molar-refractivity contribution in [2.45, 2.75) is 6.54 Å². The molecule has 0 radical (unpaired) electrons. The molecule has 5 nitrogen and oxygen atoms in total. The normalized spacial score (nSPS) is 10.3. The standard InChI is InChI=1S/C13H11BrClN3O2/c14-9-2-1-5-18(13(9)20)7-12(19)17-11-6-8(15)3-4-10(11)16/h1-6H,7,16H2,(H,17,19). The van der Waals surface area contributed by atoms with Crippen LogP contribution >= 0.6 is 27.5 Å². The van der Waals surface area contributed by atoms with E-state index in [4.69, 9.17) is 17.3 Å². The van der Waals surface area contributed by atoms with Gasteiger partial charge in [0.25, 0.3) is 5.56 Å². The molecule has 0 fully saturated rings. The summed E-state index contributed by atoms with van der Waals surface area (Å²) in [5.41, 5.74) is 6.29. The van der Waals surface area contributed by atoms with Crippen molar-refractivity contribution in [3.8, 4) is 0 Å². The van der Waals surface area contributed by atoms with Crippen LogP contribution in [-0.4, -0.2) is 10.5 Å². The number of nitrogens with zero attached hydrogens (tertiary/aromatic N) is 1. The molecule has 0 aliphatic rings. The van der Waals surface area contributed by atoms with Gasteiger partial charge in [0.1, 0.15) is 6.54 Å². The van der Waals surface area contributed by atoms with Gasteiger partial charge < -0.3 is 15.6 Å². The number of carbonyl (C=O) groups is 1. The summed E-state index contributed by atoms with van der Waals surface area (Å²) in [5, 5.41) is 3.09. The van der Waals surface area contributed by atoms with Crippen molar-refractivity contribution in [2.75, 3.05) is 11.1 Å². The van der Waals surface area contributed by atoms with E-state index in [1.54, 1.807) is 30.3 Å². The Bertz CT molecular complexity index is 715. The zero-order chi connectivity index (χ0) is 14.7. The molecule has 1 amide bonds. The number of amides is 1. The van der Waals surface area contributed by atoms with E-state index in [1.165, 1.54) is 10.8 Å². The lowest BCUT2D eigenvalue weighted by molar-refractivity contribution is -0.116. The van der Waals surface area contributed by atoms with Crippen molar-refractivity contribution >= 4 is 44.8 Å². The Morgan fingerprint density at radius 2 is 2.15 bits per heavy atom. The summed E-state index contributed by atoms with van der Waals surface area (Å²) in [6.07, 6.45) is 1.54. The van der Waals surface area contributed by atoms with Crippen molar-refractivity contribution < 1.29 is 4.79 Å². The van der Waals surface area contributed by atoms with Gasteiger partial charge in [-0.2, -0.15) is 0 Å². The van der Waals surface area contributed by atoms with E-state index in [0.717, 1.165) is 0 Å². The van der Waals surface area contributed by atoms with E-state index in [-0.39, 0.29) is 18.0 Å². The molecule has 1 aromatic carbocycles. The molecule has 3 N–H and O–H groups in total. The number of pyridine rings is 1. The largest absolute Gasteiger partial charge is 0.397 e. The quantitative estimate of drug-likeness (QED) is 0.830. The van der Waals surface area contributed by atoms with E-state index in [9.17, 15) is 9.59 Å². The minimum atomic E-state index is -0.362. The zero-order valence-corrected chi connectivity index (χ0v) is 12.6. The molecule has 0 saturated heterocycles. The summed E-state index contributed by atoms with van der Waals surface area (Å²) in [4.78, 5) is 23.7. The Morgan fingerprint density at radius 1 is 1.40 bits per heavy atom. The Labute approximate surface area is 128 Å². The summed E-state index contributed by atoms with van der Waals surface area (Å²) in [6.45, 7) is -0.107. The predicted molar refractivity (Wildman–Crippen MR) is 82.9 cm³/mol. The topological polar surface area (TPSA) is 77.1 Å². The van der Waals surface area contributed by atoms with Gasteiger partial charge in [-0.1, -0.05) is 11.6 Å². The van der Waals surface area contributed by atoms with Gasteiger partial charge in [0, 0.05) is 11.2 Å². The van der Waals surface area contributed by atoms with Crippen LogP contribution in [0.5, 0.6) is 0 Å². The fraction of sp³-hybridized carbons (Fsp3) is 0.0769. The fourth-order valence-corrected chi connectivity index (χ4v) is 2.17. The van der Waals surface area contributed by atoms with Crippen LogP contribution in [0.4, 0.5) is 11.4 Å². The molecule has 0 aliphatic carbocycles. The Balaban J connectivity index is 2.15. The zero-order valence-electron chi connectivity index (χ0n) is 10.3. The molecule has 0 spiro atoms. The van der Waals surface area contributed by atoms with Crippen molar-refractivity contribution in [3.05, 3.63) is 56.4 Å². The number of rotatable bonds is 3. The molecule has 0 saturated carbocycles. The SMILES string of the molecule is Nc1ccc(Cl)cc1NC(=O)Cn1cccc(Br)c1=O. The summed E-state index contributed by atoms with van der Waals surface area (Å²) in [7, 11) is 0. The fourth-order valence-electron chi connectivity index (χ4n) is 1.61. The first-order valence-electron chi connectivity index (χ1n) is 5.67. The highest BCUT2D eigenvalue weighted by Gasteiger charge is 2.08. The monoisotopic (exact) mass is 355 g/mol. The summed E-state index contributed by atoms with van der Waals surface area (Å²) < 4.78 is 1.69. The average Bonchev–Trinajstić information content (AvgIpc) is 2.39. The maximum absolute atomic E-state index is 11.9. The maximum Gasteiger partial charge on any atom is 0.265 e. The van der Waals surface area contributed by atoms with Crippen LogP contribution in [0.25, 0.3) is 0 Å². The smallest absolute Gasteiger partial charge is 0.265 e. The molecule has 1 heterocycles. The van der Waals surface area contributed by atoms with E-state index >= 15 is 0 Å². The van der Waals surface area contributed by atoms with Crippen LogP contribution in [0, 0.1) is 0 Å². The van der Waals surface area contributed by atoms with E-state index in [0.29, 0.717) is 20.9 Å². The first-order valence-corrected chi connectivity index (χ1v) is 6.84. The Kier molecular flexibility index (Phi) is 4.46. The lowest BCUT2D eigenvalue weighted by Gasteiger charge is -2.10. The number of hydrogen-bond acceptors (Lipinski definition) is 3. The molecule has 0 aliphatic heterocycles. The number of benzene rings is 1. The molecule has 0 atom stereocenters. The Hall–Kier alpha value is -1.79. The molecule has 104 valence electrons. The second kappa shape index (κ2) is 6.11. The molecule has 2 rings (SSSR count). The second-order valence-electron chi connectivity index (χ2n) is 4.07. The predicted octanol–water partition coefficient (Wildman–Crippen LogP) is 2.49. The number of hydrogen-bond donors (Lipinski definition) is 2. The average molecular weight is 357 g/mol. The third-order valence-corrected chi connectivity index (χ3v) is 3.42. The molecule has 7 heteroatoms. The van der Waals surface area contributed by atoms with Gasteiger partial charge in [-0.15, -0.1) is 0 Å². The number of nitrogen functional groups attached to an aromatic ring is 1. The van der Waals surface area contributed by atoms with Gasteiger partial charge in [0.05, 0.1) is 15.8 Å². The van der Waals surface area contributed by atoms with Gasteiger partial charge >= 0.3 is 0 Å². The van der Waals surface area contributed by atoms with Crippen LogP contribution in [0.3, 0.4) is 0 Å². The van der Waals surface area contributed by atoms with E-state index in [2.05, 4.69) is 21.2 Å². The van der Waals surface area contributed by atoms with E-state index in [1.807, 2.05) is 0 Å². The molecule has 20 heavy (non-hydrogen) atoms. The molecule has 0 unspecified atom stereocenters. The Morgan fingerprint density at radius 3 is 2.90 bits per heavy atom. The third-order valence-electron chi connectivity index (χ3n) is 2.58. The van der Waals surface area contributed by atoms with Crippen LogP contribution in [0.1, 0.15) is 0 Å². The molecular formula is C13H11BrClN3O2. The number of carbonyl (C=O) groups excluding carboxylic acids is 1. The first-order chi connectivity index (χ1) is 9.47. The lowest BCUT2D eigenvalue weighted by Crippen LogP contribution is -2.27. The number of halogens is 2. The van der Waals surface area contributed by atoms with Gasteiger partial charge in [-0.25, -0.2) is 0 Å². The van der Waals surface area contributed by atoms with Crippen molar-refractivity contribution in [1.29, 1.82) is 0 Å². The minimum Gasteiger partial charge on any atom is -0.397 e. The van der Waals surface area contributed by atoms with Crippen LogP contribution in [0.2, 0.25) is 5.02 Å². The van der Waals surface area contributed by atoms with Crippen molar-refractivity contribution in [2.24, 2.45) is 0 Å². The second-order valence-corrected chi connectivity index (χ2v) is 5.36. The highest BCUT2D eigenvalue weighted by molar-refractivity contribution is 9.10. The van der Waals surface area contributed by atoms with Crippen LogP contribution < -0.4 is 16.6 Å². The number of aromatic nitrogens is 1. The molecule has 0 bridgehead atoms. The minimum absolute atomic E-state index is 0.107. The first kappa shape index (κ1) is 14.6. The molecular weight excluding hydrogens is 346 g/mol. The van der Waals surface area contributed by atoms with E-state index < -0.39 is 0 Å². The maximum atomic E-state index is 11.9. The van der Waals surface area contributed by atoms with Crippen molar-refractivity contribution in [3.63, 3.8) is 0 Å². The van der Waals surface area contributed by atoms with Gasteiger partial charge in [0.2, 0.25) is 5.91 Å². The molecule has 1 aromatic heterocycles. The number of anilines is 2. The van der Waals surface area contributed by atoms with Gasteiger partial charge in [0.15, 0.2) is 0 Å². The summed E-state index contributed by atoms with van der Waals surface area (Å²) in [5.74, 6) is -0.362.